The van der Waals surface area contributed by atoms with Gasteiger partial charge in [-0.1, -0.05) is 37.5 Å². The normalized spacial score (nSPS) is 14.2. The van der Waals surface area contributed by atoms with Gasteiger partial charge in [0.05, 0.1) is 11.3 Å². The molecule has 3 rings (SSSR count). The van der Waals surface area contributed by atoms with Crippen molar-refractivity contribution in [2.24, 2.45) is 0 Å². The van der Waals surface area contributed by atoms with E-state index in [9.17, 15) is 19.7 Å². The summed E-state index contributed by atoms with van der Waals surface area (Å²) in [4.78, 5) is 37.4. The predicted molar refractivity (Wildman–Crippen MR) is 111 cm³/mol. The molecule has 0 atom stereocenters. The van der Waals surface area contributed by atoms with Crippen molar-refractivity contribution < 1.29 is 14.5 Å². The van der Waals surface area contributed by atoms with Gasteiger partial charge in [0.15, 0.2) is 0 Å². The number of nitro groups is 1. The fourth-order valence-corrected chi connectivity index (χ4v) is 3.74. The summed E-state index contributed by atoms with van der Waals surface area (Å²) in [6.07, 6.45) is 5.60. The van der Waals surface area contributed by atoms with E-state index in [0.717, 1.165) is 25.7 Å². The topological polar surface area (TPSA) is 92.6 Å². The summed E-state index contributed by atoms with van der Waals surface area (Å²) in [7, 11) is 1.84. The van der Waals surface area contributed by atoms with Crippen molar-refractivity contribution in [2.75, 3.05) is 12.4 Å². The van der Waals surface area contributed by atoms with Gasteiger partial charge in [-0.2, -0.15) is 0 Å². The molecule has 1 N–H and O–H groups in total. The summed E-state index contributed by atoms with van der Waals surface area (Å²) >= 11 is 0. The van der Waals surface area contributed by atoms with Gasteiger partial charge in [-0.3, -0.25) is 19.7 Å². The van der Waals surface area contributed by atoms with Gasteiger partial charge in [-0.05, 0) is 36.6 Å². The molecular weight excluding hydrogens is 370 g/mol. The third kappa shape index (κ3) is 5.40. The van der Waals surface area contributed by atoms with Crippen molar-refractivity contribution in [3.8, 4) is 0 Å². The second kappa shape index (κ2) is 9.32. The van der Waals surface area contributed by atoms with E-state index in [2.05, 4.69) is 5.32 Å². The van der Waals surface area contributed by atoms with Crippen LogP contribution in [0.3, 0.4) is 0 Å². The number of hydrogen-bond donors (Lipinski definition) is 1. The van der Waals surface area contributed by atoms with E-state index in [1.165, 1.54) is 18.6 Å². The number of amides is 2. The predicted octanol–water partition coefficient (Wildman–Crippen LogP) is 4.18. The highest BCUT2D eigenvalue weighted by Crippen LogP contribution is 2.23. The van der Waals surface area contributed by atoms with Crippen molar-refractivity contribution in [2.45, 2.75) is 44.6 Å². The molecule has 1 aliphatic carbocycles. The van der Waals surface area contributed by atoms with Crippen LogP contribution in [0.1, 0.15) is 48.0 Å². The van der Waals surface area contributed by atoms with E-state index in [0.29, 0.717) is 16.8 Å². The summed E-state index contributed by atoms with van der Waals surface area (Å²) < 4.78 is 0. The van der Waals surface area contributed by atoms with Crippen molar-refractivity contribution >= 4 is 23.2 Å². The molecule has 0 heterocycles. The molecule has 2 aromatic carbocycles. The van der Waals surface area contributed by atoms with Crippen LogP contribution < -0.4 is 5.32 Å². The third-order valence-electron chi connectivity index (χ3n) is 5.32. The van der Waals surface area contributed by atoms with E-state index >= 15 is 0 Å². The molecule has 1 saturated carbocycles. The van der Waals surface area contributed by atoms with Crippen LogP contribution in [0.5, 0.6) is 0 Å². The van der Waals surface area contributed by atoms with Crippen LogP contribution in [0, 0.1) is 10.1 Å². The molecule has 0 saturated heterocycles. The first-order valence-corrected chi connectivity index (χ1v) is 9.84. The Morgan fingerprint density at radius 1 is 1.10 bits per heavy atom. The van der Waals surface area contributed by atoms with E-state index in [1.54, 1.807) is 36.4 Å². The minimum Gasteiger partial charge on any atom is -0.339 e. The Kier molecular flexibility index (Phi) is 6.59. The Balaban J connectivity index is 1.64. The highest BCUT2D eigenvalue weighted by atomic mass is 16.6. The maximum atomic E-state index is 12.8. The van der Waals surface area contributed by atoms with Crippen LogP contribution in [-0.4, -0.2) is 34.7 Å². The van der Waals surface area contributed by atoms with Gasteiger partial charge in [0.2, 0.25) is 5.91 Å². The lowest BCUT2D eigenvalue weighted by Gasteiger charge is -2.31. The lowest BCUT2D eigenvalue weighted by Crippen LogP contribution is -2.38. The van der Waals surface area contributed by atoms with Crippen molar-refractivity contribution in [1.29, 1.82) is 0 Å². The largest absolute Gasteiger partial charge is 0.339 e. The van der Waals surface area contributed by atoms with Gasteiger partial charge >= 0.3 is 0 Å². The number of anilines is 1. The van der Waals surface area contributed by atoms with Gasteiger partial charge in [0, 0.05) is 36.5 Å². The standard InChI is InChI=1S/C22H25N3O4/c1-24(19-10-3-2-4-11-19)22(27)17-8-6-9-18(15-17)23-21(26)14-16-7-5-12-20(13-16)25(28)29/h5-9,12-13,15,19H,2-4,10-11,14H2,1H3,(H,23,26). The van der Waals surface area contributed by atoms with Gasteiger partial charge < -0.3 is 10.2 Å². The fraction of sp³-hybridized carbons (Fsp3) is 0.364. The molecule has 29 heavy (non-hydrogen) atoms. The number of benzene rings is 2. The number of nitrogens with zero attached hydrogens (tertiary/aromatic N) is 2. The monoisotopic (exact) mass is 395 g/mol. The molecule has 0 spiro atoms. The summed E-state index contributed by atoms with van der Waals surface area (Å²) in [5.41, 5.74) is 1.57. The zero-order chi connectivity index (χ0) is 20.8. The number of carbonyl (C=O) groups excluding carboxylic acids is 2. The number of non-ortho nitro benzene ring substituents is 1. The fourth-order valence-electron chi connectivity index (χ4n) is 3.74. The van der Waals surface area contributed by atoms with Crippen LogP contribution in [0.15, 0.2) is 48.5 Å². The minimum atomic E-state index is -0.487. The second-order valence-corrected chi connectivity index (χ2v) is 7.44. The van der Waals surface area contributed by atoms with E-state index in [4.69, 9.17) is 0 Å². The molecule has 2 aromatic rings. The Morgan fingerprint density at radius 2 is 1.83 bits per heavy atom. The molecule has 2 amide bonds. The first kappa shape index (κ1) is 20.5. The van der Waals surface area contributed by atoms with E-state index in [1.807, 2.05) is 11.9 Å². The van der Waals surface area contributed by atoms with Crippen LogP contribution in [0.2, 0.25) is 0 Å². The number of hydrogen-bond acceptors (Lipinski definition) is 4. The molecule has 7 heteroatoms. The summed E-state index contributed by atoms with van der Waals surface area (Å²) in [5, 5.41) is 13.6. The van der Waals surface area contributed by atoms with Gasteiger partial charge in [-0.25, -0.2) is 0 Å². The zero-order valence-electron chi connectivity index (χ0n) is 16.5. The molecular formula is C22H25N3O4. The van der Waals surface area contributed by atoms with Crippen LogP contribution in [0.4, 0.5) is 11.4 Å². The third-order valence-corrected chi connectivity index (χ3v) is 5.32. The maximum Gasteiger partial charge on any atom is 0.269 e. The average Bonchev–Trinajstić information content (AvgIpc) is 2.73. The molecule has 0 unspecified atom stereocenters. The smallest absolute Gasteiger partial charge is 0.269 e. The Hall–Kier alpha value is -3.22. The molecule has 0 radical (unpaired) electrons. The lowest BCUT2D eigenvalue weighted by molar-refractivity contribution is -0.384. The quantitative estimate of drug-likeness (QED) is 0.586. The molecule has 152 valence electrons. The van der Waals surface area contributed by atoms with E-state index in [-0.39, 0.29) is 30.0 Å². The van der Waals surface area contributed by atoms with Gasteiger partial charge in [0.1, 0.15) is 0 Å². The Labute approximate surface area is 169 Å². The Bertz CT molecular complexity index is 906. The van der Waals surface area contributed by atoms with Crippen LogP contribution in [0.25, 0.3) is 0 Å². The summed E-state index contributed by atoms with van der Waals surface area (Å²) in [5.74, 6) is -0.345. The number of nitro benzene ring substituents is 1. The first-order valence-electron chi connectivity index (χ1n) is 9.84. The molecule has 0 aliphatic heterocycles. The maximum absolute atomic E-state index is 12.8. The summed E-state index contributed by atoms with van der Waals surface area (Å²) in [6.45, 7) is 0. The zero-order valence-corrected chi connectivity index (χ0v) is 16.5. The van der Waals surface area contributed by atoms with Crippen molar-refractivity contribution in [1.82, 2.24) is 4.90 Å². The second-order valence-electron chi connectivity index (χ2n) is 7.44. The van der Waals surface area contributed by atoms with Crippen molar-refractivity contribution in [3.63, 3.8) is 0 Å². The highest BCUT2D eigenvalue weighted by Gasteiger charge is 2.23. The van der Waals surface area contributed by atoms with Crippen LogP contribution >= 0.6 is 0 Å². The summed E-state index contributed by atoms with van der Waals surface area (Å²) in [6, 6.07) is 13.2. The Morgan fingerprint density at radius 3 is 2.55 bits per heavy atom. The number of rotatable bonds is 6. The van der Waals surface area contributed by atoms with Crippen molar-refractivity contribution in [3.05, 3.63) is 69.8 Å². The number of carbonyl (C=O) groups is 2. The first-order chi connectivity index (χ1) is 13.9. The SMILES string of the molecule is CN(C(=O)c1cccc(NC(=O)Cc2cccc([N+](=O)[O-])c2)c1)C1CCCCC1. The lowest BCUT2D eigenvalue weighted by atomic mass is 9.94. The molecule has 1 aliphatic rings. The van der Waals surface area contributed by atoms with Gasteiger partial charge in [0.25, 0.3) is 11.6 Å². The molecule has 0 bridgehead atoms. The number of nitrogens with one attached hydrogen (secondary N) is 1. The van der Waals surface area contributed by atoms with Crippen LogP contribution in [-0.2, 0) is 11.2 Å². The highest BCUT2D eigenvalue weighted by molar-refractivity contribution is 5.97. The minimum absolute atomic E-state index is 0.0157. The van der Waals surface area contributed by atoms with E-state index < -0.39 is 4.92 Å². The molecule has 0 aromatic heterocycles. The van der Waals surface area contributed by atoms with Gasteiger partial charge in [-0.15, -0.1) is 0 Å². The molecule has 7 nitrogen and oxygen atoms in total. The molecule has 1 fully saturated rings. The average molecular weight is 395 g/mol.